The van der Waals surface area contributed by atoms with Crippen LogP contribution >= 0.6 is 0 Å². The topological polar surface area (TPSA) is 56.1 Å². The predicted octanol–water partition coefficient (Wildman–Crippen LogP) is 1.46. The lowest BCUT2D eigenvalue weighted by Crippen LogP contribution is -2.34. The van der Waals surface area contributed by atoms with Crippen molar-refractivity contribution in [1.29, 1.82) is 0 Å². The van der Waals surface area contributed by atoms with Crippen molar-refractivity contribution in [3.63, 3.8) is 0 Å². The first-order valence-corrected chi connectivity index (χ1v) is 5.28. The van der Waals surface area contributed by atoms with Gasteiger partial charge in [-0.1, -0.05) is 0 Å². The van der Waals surface area contributed by atoms with E-state index in [1.54, 1.807) is 0 Å². The summed E-state index contributed by atoms with van der Waals surface area (Å²) in [7, 11) is 0. The molecule has 0 bridgehead atoms. The van der Waals surface area contributed by atoms with Crippen molar-refractivity contribution in [2.45, 2.75) is 32.4 Å². The molecule has 80 valence electrons. The molecule has 1 aromatic rings. The van der Waals surface area contributed by atoms with E-state index in [-0.39, 0.29) is 12.1 Å². The number of carbonyl (C=O) groups is 1. The van der Waals surface area contributed by atoms with Crippen LogP contribution in [0.15, 0.2) is 6.20 Å². The molecule has 0 radical (unpaired) electrons. The Morgan fingerprint density at radius 3 is 3.20 bits per heavy atom. The summed E-state index contributed by atoms with van der Waals surface area (Å²) in [6, 6.07) is -0.0540. The van der Waals surface area contributed by atoms with E-state index in [4.69, 9.17) is 4.74 Å². The average molecular weight is 207 g/mol. The quantitative estimate of drug-likeness (QED) is 0.798. The Kier molecular flexibility index (Phi) is 1.74. The fraction of sp³-hybridized carbons (Fsp3) is 0.600. The first-order chi connectivity index (χ1) is 7.22. The molecule has 0 spiro atoms. The Labute approximate surface area is 87.4 Å². The SMILES string of the molecule is CC1NC(=O)Oc2cn(CC3CC3)nc21. The van der Waals surface area contributed by atoms with E-state index >= 15 is 0 Å². The zero-order valence-corrected chi connectivity index (χ0v) is 8.56. The first kappa shape index (κ1) is 8.76. The van der Waals surface area contributed by atoms with Gasteiger partial charge in [-0.05, 0) is 25.7 Å². The van der Waals surface area contributed by atoms with Crippen LogP contribution in [0.5, 0.6) is 5.75 Å². The third kappa shape index (κ3) is 1.58. The van der Waals surface area contributed by atoms with E-state index in [1.807, 2.05) is 17.8 Å². The van der Waals surface area contributed by atoms with Crippen molar-refractivity contribution in [3.8, 4) is 5.75 Å². The third-order valence-electron chi connectivity index (χ3n) is 2.84. The Bertz CT molecular complexity index is 409. The van der Waals surface area contributed by atoms with Gasteiger partial charge in [0, 0.05) is 6.54 Å². The van der Waals surface area contributed by atoms with E-state index in [0.29, 0.717) is 5.75 Å². The monoisotopic (exact) mass is 207 g/mol. The molecule has 0 saturated heterocycles. The fourth-order valence-electron chi connectivity index (χ4n) is 1.83. The van der Waals surface area contributed by atoms with E-state index in [0.717, 1.165) is 18.2 Å². The molecular weight excluding hydrogens is 194 g/mol. The summed E-state index contributed by atoms with van der Waals surface area (Å²) in [5, 5.41) is 7.10. The van der Waals surface area contributed by atoms with Crippen LogP contribution in [0.2, 0.25) is 0 Å². The zero-order chi connectivity index (χ0) is 10.4. The van der Waals surface area contributed by atoms with Gasteiger partial charge in [-0.3, -0.25) is 4.68 Å². The molecule has 2 heterocycles. The Morgan fingerprint density at radius 2 is 2.47 bits per heavy atom. The molecular formula is C10H13N3O2. The minimum Gasteiger partial charge on any atom is -0.407 e. The summed E-state index contributed by atoms with van der Waals surface area (Å²) in [4.78, 5) is 11.1. The lowest BCUT2D eigenvalue weighted by molar-refractivity contribution is 0.189. The zero-order valence-electron chi connectivity index (χ0n) is 8.56. The van der Waals surface area contributed by atoms with Gasteiger partial charge in [-0.15, -0.1) is 0 Å². The molecule has 15 heavy (non-hydrogen) atoms. The second-order valence-electron chi connectivity index (χ2n) is 4.30. The van der Waals surface area contributed by atoms with Crippen LogP contribution in [0.1, 0.15) is 31.5 Å². The molecule has 1 atom stereocenters. The van der Waals surface area contributed by atoms with E-state index in [2.05, 4.69) is 10.4 Å². The first-order valence-electron chi connectivity index (χ1n) is 5.28. The van der Waals surface area contributed by atoms with Crippen LogP contribution in [0.4, 0.5) is 4.79 Å². The van der Waals surface area contributed by atoms with Gasteiger partial charge in [0.1, 0.15) is 5.69 Å². The van der Waals surface area contributed by atoms with Crippen molar-refractivity contribution in [2.75, 3.05) is 0 Å². The minimum absolute atomic E-state index is 0.0540. The highest BCUT2D eigenvalue weighted by molar-refractivity contribution is 5.73. The summed E-state index contributed by atoms with van der Waals surface area (Å²) in [6.07, 6.45) is 4.01. The van der Waals surface area contributed by atoms with Gasteiger partial charge in [0.15, 0.2) is 5.75 Å². The van der Waals surface area contributed by atoms with E-state index in [9.17, 15) is 4.79 Å². The minimum atomic E-state index is -0.388. The number of ether oxygens (including phenoxy) is 1. The van der Waals surface area contributed by atoms with Crippen LogP contribution in [-0.2, 0) is 6.54 Å². The van der Waals surface area contributed by atoms with Gasteiger partial charge in [0.2, 0.25) is 0 Å². The fourth-order valence-corrected chi connectivity index (χ4v) is 1.83. The van der Waals surface area contributed by atoms with Gasteiger partial charge < -0.3 is 10.1 Å². The lowest BCUT2D eigenvalue weighted by atomic mass is 10.2. The lowest BCUT2D eigenvalue weighted by Gasteiger charge is -2.17. The Balaban J connectivity index is 1.88. The summed E-state index contributed by atoms with van der Waals surface area (Å²) in [5.74, 6) is 1.37. The van der Waals surface area contributed by atoms with Crippen molar-refractivity contribution >= 4 is 6.09 Å². The van der Waals surface area contributed by atoms with Crippen molar-refractivity contribution in [2.24, 2.45) is 5.92 Å². The number of nitrogens with zero attached hydrogens (tertiary/aromatic N) is 2. The Hall–Kier alpha value is -1.52. The summed E-state index contributed by atoms with van der Waals surface area (Å²) < 4.78 is 6.94. The molecule has 1 aliphatic carbocycles. The van der Waals surface area contributed by atoms with Crippen molar-refractivity contribution in [3.05, 3.63) is 11.9 Å². The molecule has 0 aromatic carbocycles. The summed E-state index contributed by atoms with van der Waals surface area (Å²) in [5.41, 5.74) is 0.829. The average Bonchev–Trinajstić information content (AvgIpc) is 2.85. The molecule has 2 aliphatic rings. The number of rotatable bonds is 2. The highest BCUT2D eigenvalue weighted by atomic mass is 16.6. The molecule has 1 aliphatic heterocycles. The second kappa shape index (κ2) is 2.98. The van der Waals surface area contributed by atoms with Crippen LogP contribution in [-0.4, -0.2) is 15.9 Å². The number of amides is 1. The highest BCUT2D eigenvalue weighted by Crippen LogP contribution is 2.33. The molecule has 1 aromatic heterocycles. The molecule has 5 nitrogen and oxygen atoms in total. The molecule has 3 rings (SSSR count). The third-order valence-corrected chi connectivity index (χ3v) is 2.84. The van der Waals surface area contributed by atoms with Crippen LogP contribution in [0.25, 0.3) is 0 Å². The smallest absolute Gasteiger partial charge is 0.407 e. The molecule has 5 heteroatoms. The number of nitrogens with one attached hydrogen (secondary N) is 1. The molecule has 1 amide bonds. The number of carbonyl (C=O) groups excluding carboxylic acids is 1. The molecule has 1 N–H and O–H groups in total. The van der Waals surface area contributed by atoms with Crippen molar-refractivity contribution in [1.82, 2.24) is 15.1 Å². The van der Waals surface area contributed by atoms with Gasteiger partial charge >= 0.3 is 6.09 Å². The molecule has 1 unspecified atom stereocenters. The van der Waals surface area contributed by atoms with E-state index in [1.165, 1.54) is 12.8 Å². The maximum absolute atomic E-state index is 11.1. The predicted molar refractivity (Wildman–Crippen MR) is 52.5 cm³/mol. The number of hydrogen-bond donors (Lipinski definition) is 1. The highest BCUT2D eigenvalue weighted by Gasteiger charge is 2.28. The van der Waals surface area contributed by atoms with Gasteiger partial charge in [0.05, 0.1) is 12.2 Å². The second-order valence-corrected chi connectivity index (χ2v) is 4.30. The Morgan fingerprint density at radius 1 is 1.67 bits per heavy atom. The number of hydrogen-bond acceptors (Lipinski definition) is 3. The molecule has 1 saturated carbocycles. The van der Waals surface area contributed by atoms with E-state index < -0.39 is 0 Å². The van der Waals surface area contributed by atoms with Crippen LogP contribution in [0, 0.1) is 5.92 Å². The maximum atomic E-state index is 11.1. The van der Waals surface area contributed by atoms with Crippen molar-refractivity contribution < 1.29 is 9.53 Å². The summed E-state index contributed by atoms with van der Waals surface area (Å²) in [6.45, 7) is 2.85. The van der Waals surface area contributed by atoms with Gasteiger partial charge in [0.25, 0.3) is 0 Å². The van der Waals surface area contributed by atoms with Crippen LogP contribution < -0.4 is 10.1 Å². The standard InChI is InChI=1S/C10H13N3O2/c1-6-9-8(15-10(14)11-6)5-13(12-9)4-7-2-3-7/h5-7H,2-4H2,1H3,(H,11,14). The van der Waals surface area contributed by atoms with Crippen LogP contribution in [0.3, 0.4) is 0 Å². The maximum Gasteiger partial charge on any atom is 0.413 e. The molecule has 1 fully saturated rings. The normalized spacial score (nSPS) is 24.3. The number of fused-ring (bicyclic) bond motifs is 1. The largest absolute Gasteiger partial charge is 0.413 e. The summed E-state index contributed by atoms with van der Waals surface area (Å²) >= 11 is 0. The van der Waals surface area contributed by atoms with Gasteiger partial charge in [-0.2, -0.15) is 5.10 Å². The van der Waals surface area contributed by atoms with Gasteiger partial charge in [-0.25, -0.2) is 4.79 Å². The number of aromatic nitrogens is 2.